The van der Waals surface area contributed by atoms with Crippen molar-refractivity contribution in [3.05, 3.63) is 0 Å². The molecule has 1 rings (SSSR count). The highest BCUT2D eigenvalue weighted by Gasteiger charge is 2.29. The molecule has 1 saturated heterocycles. The van der Waals surface area contributed by atoms with E-state index in [4.69, 9.17) is 5.11 Å². The molecule has 0 aromatic carbocycles. The maximum absolute atomic E-state index is 11.9. The summed E-state index contributed by atoms with van der Waals surface area (Å²) in [5.41, 5.74) is 0. The van der Waals surface area contributed by atoms with Gasteiger partial charge in [-0.3, -0.25) is 14.4 Å². The van der Waals surface area contributed by atoms with Gasteiger partial charge in [0.25, 0.3) is 0 Å². The zero-order valence-corrected chi connectivity index (χ0v) is 10.2. The summed E-state index contributed by atoms with van der Waals surface area (Å²) in [7, 11) is 1.48. The van der Waals surface area contributed by atoms with Crippen LogP contribution in [0.3, 0.4) is 0 Å². The number of carbonyl (C=O) groups is 3. The lowest BCUT2D eigenvalue weighted by molar-refractivity contribution is -0.147. The third-order valence-electron chi connectivity index (χ3n) is 2.96. The Balaban J connectivity index is 2.57. The molecule has 0 saturated carbocycles. The molecule has 96 valence electrons. The Hall–Kier alpha value is -1.59. The van der Waals surface area contributed by atoms with Crippen molar-refractivity contribution in [2.75, 3.05) is 26.7 Å². The van der Waals surface area contributed by atoms with E-state index >= 15 is 0 Å². The topological polar surface area (TPSA) is 77.9 Å². The average molecular weight is 242 g/mol. The summed E-state index contributed by atoms with van der Waals surface area (Å²) >= 11 is 0. The van der Waals surface area contributed by atoms with Crippen LogP contribution in [-0.2, 0) is 14.4 Å². The van der Waals surface area contributed by atoms with Crippen LogP contribution in [0.2, 0.25) is 0 Å². The molecule has 1 heterocycles. The van der Waals surface area contributed by atoms with Crippen molar-refractivity contribution in [3.63, 3.8) is 0 Å². The fourth-order valence-electron chi connectivity index (χ4n) is 2.06. The number of carboxylic acids is 1. The van der Waals surface area contributed by atoms with Crippen LogP contribution < -0.4 is 0 Å². The lowest BCUT2D eigenvalue weighted by atomic mass is 9.96. The quantitative estimate of drug-likeness (QED) is 0.742. The highest BCUT2D eigenvalue weighted by atomic mass is 16.4. The smallest absolute Gasteiger partial charge is 0.323 e. The number of amides is 2. The van der Waals surface area contributed by atoms with Crippen LogP contribution >= 0.6 is 0 Å². The fraction of sp³-hybridized carbons (Fsp3) is 0.727. The summed E-state index contributed by atoms with van der Waals surface area (Å²) in [6, 6.07) is 0. The molecule has 6 nitrogen and oxygen atoms in total. The van der Waals surface area contributed by atoms with E-state index in [1.807, 2.05) is 0 Å². The molecular weight excluding hydrogens is 224 g/mol. The first-order chi connectivity index (χ1) is 7.91. The average Bonchev–Trinajstić information content (AvgIpc) is 2.27. The molecule has 1 aliphatic heterocycles. The molecule has 17 heavy (non-hydrogen) atoms. The standard InChI is InChI=1S/C11H18N2O4/c1-8(14)13-5-3-4-9(6-13)11(17)12(2)7-10(15)16/h9H,3-7H2,1-2H3,(H,15,16). The predicted molar refractivity (Wildman–Crippen MR) is 60.3 cm³/mol. The third kappa shape index (κ3) is 3.72. The molecular formula is C11H18N2O4. The number of likely N-dealkylation sites (N-methyl/N-ethyl adjacent to an activating group) is 1. The van der Waals surface area contributed by atoms with Crippen LogP contribution in [0.25, 0.3) is 0 Å². The van der Waals surface area contributed by atoms with E-state index < -0.39 is 5.97 Å². The highest BCUT2D eigenvalue weighted by molar-refractivity contribution is 5.83. The fourth-order valence-corrected chi connectivity index (χ4v) is 2.06. The number of nitrogens with zero attached hydrogens (tertiary/aromatic N) is 2. The number of hydrogen-bond acceptors (Lipinski definition) is 3. The minimum atomic E-state index is -1.03. The van der Waals surface area contributed by atoms with E-state index in [0.717, 1.165) is 6.42 Å². The Morgan fingerprint density at radius 2 is 2.06 bits per heavy atom. The maximum atomic E-state index is 11.9. The maximum Gasteiger partial charge on any atom is 0.323 e. The van der Waals surface area contributed by atoms with Gasteiger partial charge >= 0.3 is 5.97 Å². The van der Waals surface area contributed by atoms with Crippen LogP contribution in [0, 0.1) is 5.92 Å². The van der Waals surface area contributed by atoms with E-state index in [2.05, 4.69) is 0 Å². The third-order valence-corrected chi connectivity index (χ3v) is 2.96. The second-order valence-corrected chi connectivity index (χ2v) is 4.39. The highest BCUT2D eigenvalue weighted by Crippen LogP contribution is 2.18. The van der Waals surface area contributed by atoms with Crippen molar-refractivity contribution in [3.8, 4) is 0 Å². The van der Waals surface area contributed by atoms with Crippen molar-refractivity contribution >= 4 is 17.8 Å². The van der Waals surface area contributed by atoms with Crippen LogP contribution in [0.1, 0.15) is 19.8 Å². The van der Waals surface area contributed by atoms with Crippen molar-refractivity contribution in [1.82, 2.24) is 9.80 Å². The number of carbonyl (C=O) groups excluding carboxylic acids is 2. The number of piperidine rings is 1. The van der Waals surface area contributed by atoms with E-state index in [-0.39, 0.29) is 24.3 Å². The second kappa shape index (κ2) is 5.65. The first kappa shape index (κ1) is 13.5. The van der Waals surface area contributed by atoms with Gasteiger partial charge in [0.1, 0.15) is 6.54 Å². The van der Waals surface area contributed by atoms with Gasteiger partial charge in [0.2, 0.25) is 11.8 Å². The molecule has 0 aromatic rings. The molecule has 1 fully saturated rings. The molecule has 1 unspecified atom stereocenters. The molecule has 0 aliphatic carbocycles. The van der Waals surface area contributed by atoms with Crippen molar-refractivity contribution < 1.29 is 19.5 Å². The van der Waals surface area contributed by atoms with Crippen LogP contribution in [0.4, 0.5) is 0 Å². The van der Waals surface area contributed by atoms with E-state index in [1.54, 1.807) is 4.90 Å². The van der Waals surface area contributed by atoms with E-state index in [1.165, 1.54) is 18.9 Å². The monoisotopic (exact) mass is 242 g/mol. The zero-order chi connectivity index (χ0) is 13.0. The number of likely N-dealkylation sites (tertiary alicyclic amines) is 1. The number of hydrogen-bond donors (Lipinski definition) is 1. The molecule has 0 radical (unpaired) electrons. The molecule has 0 aromatic heterocycles. The minimum Gasteiger partial charge on any atom is -0.480 e. The van der Waals surface area contributed by atoms with Gasteiger partial charge in [-0.25, -0.2) is 0 Å². The number of rotatable bonds is 3. The molecule has 6 heteroatoms. The number of carboxylic acid groups (broad SMARTS) is 1. The molecule has 1 N–H and O–H groups in total. The van der Waals surface area contributed by atoms with E-state index in [0.29, 0.717) is 19.5 Å². The molecule has 1 aliphatic rings. The van der Waals surface area contributed by atoms with Gasteiger partial charge in [0.15, 0.2) is 0 Å². The second-order valence-electron chi connectivity index (χ2n) is 4.39. The Morgan fingerprint density at radius 3 is 2.59 bits per heavy atom. The van der Waals surface area contributed by atoms with Crippen LogP contribution in [0.15, 0.2) is 0 Å². The van der Waals surface area contributed by atoms with E-state index in [9.17, 15) is 14.4 Å². The zero-order valence-electron chi connectivity index (χ0n) is 10.2. The lowest BCUT2D eigenvalue weighted by Gasteiger charge is -2.33. The summed E-state index contributed by atoms with van der Waals surface area (Å²) in [5.74, 6) is -1.53. The molecule has 0 spiro atoms. The molecule has 0 bridgehead atoms. The summed E-state index contributed by atoms with van der Waals surface area (Å²) in [4.78, 5) is 36.5. The molecule has 1 atom stereocenters. The van der Waals surface area contributed by atoms with Crippen LogP contribution in [0.5, 0.6) is 0 Å². The van der Waals surface area contributed by atoms with Crippen LogP contribution in [-0.4, -0.2) is 59.4 Å². The van der Waals surface area contributed by atoms with Crippen molar-refractivity contribution in [2.45, 2.75) is 19.8 Å². The Kier molecular flexibility index (Phi) is 4.48. The van der Waals surface area contributed by atoms with Gasteiger partial charge in [-0.05, 0) is 12.8 Å². The van der Waals surface area contributed by atoms with Gasteiger partial charge in [-0.15, -0.1) is 0 Å². The first-order valence-corrected chi connectivity index (χ1v) is 5.64. The summed E-state index contributed by atoms with van der Waals surface area (Å²) in [6.45, 7) is 2.27. The lowest BCUT2D eigenvalue weighted by Crippen LogP contribution is -2.46. The Labute approximate surface area is 100 Å². The Bertz CT molecular complexity index is 329. The van der Waals surface area contributed by atoms with Gasteiger partial charge in [0.05, 0.1) is 5.92 Å². The predicted octanol–water partition coefficient (Wildman–Crippen LogP) is -0.212. The Morgan fingerprint density at radius 1 is 1.41 bits per heavy atom. The normalized spacial score (nSPS) is 19.9. The largest absolute Gasteiger partial charge is 0.480 e. The van der Waals surface area contributed by atoms with Gasteiger partial charge in [-0.1, -0.05) is 0 Å². The molecule has 2 amide bonds. The SMILES string of the molecule is CC(=O)N1CCCC(C(=O)N(C)CC(=O)O)C1. The van der Waals surface area contributed by atoms with Crippen molar-refractivity contribution in [2.24, 2.45) is 5.92 Å². The van der Waals surface area contributed by atoms with Gasteiger partial charge < -0.3 is 14.9 Å². The summed E-state index contributed by atoms with van der Waals surface area (Å²) in [5, 5.41) is 8.61. The summed E-state index contributed by atoms with van der Waals surface area (Å²) in [6.07, 6.45) is 1.50. The minimum absolute atomic E-state index is 0.0385. The van der Waals surface area contributed by atoms with Gasteiger partial charge in [-0.2, -0.15) is 0 Å². The van der Waals surface area contributed by atoms with Gasteiger partial charge in [0, 0.05) is 27.1 Å². The van der Waals surface area contributed by atoms with Crippen molar-refractivity contribution in [1.29, 1.82) is 0 Å². The summed E-state index contributed by atoms with van der Waals surface area (Å²) < 4.78 is 0. The number of aliphatic carboxylic acids is 1. The first-order valence-electron chi connectivity index (χ1n) is 5.64.